The van der Waals surface area contributed by atoms with Crippen LogP contribution in [0.2, 0.25) is 0 Å². The third kappa shape index (κ3) is 4.80. The van der Waals surface area contributed by atoms with Gasteiger partial charge < -0.3 is 14.4 Å². The fourth-order valence-electron chi connectivity index (χ4n) is 4.31. The number of ketones is 1. The van der Waals surface area contributed by atoms with Crippen molar-refractivity contribution in [2.75, 3.05) is 24.7 Å². The van der Waals surface area contributed by atoms with Gasteiger partial charge in [-0.3, -0.25) is 4.79 Å². The summed E-state index contributed by atoms with van der Waals surface area (Å²) in [5.74, 6) is -1.12. The number of aryl methyl sites for hydroxylation is 1. The van der Waals surface area contributed by atoms with Gasteiger partial charge in [-0.25, -0.2) is 8.78 Å². The third-order valence-corrected chi connectivity index (χ3v) is 6.24. The van der Waals surface area contributed by atoms with Crippen molar-refractivity contribution in [2.45, 2.75) is 52.2 Å². The van der Waals surface area contributed by atoms with Gasteiger partial charge in [0, 0.05) is 35.9 Å². The van der Waals surface area contributed by atoms with Crippen molar-refractivity contribution >= 4 is 17.2 Å². The van der Waals surface area contributed by atoms with Crippen LogP contribution in [0, 0.1) is 17.0 Å². The van der Waals surface area contributed by atoms with E-state index in [1.54, 1.807) is 4.90 Å². The van der Waals surface area contributed by atoms with Crippen molar-refractivity contribution < 1.29 is 23.0 Å². The SMILES string of the molecule is CC1(C)CCc2cc(N(CCOC3CCCCO3)c3ccc(F)cc3F)ccc2C1=O. The monoisotopic (exact) mass is 429 g/mol. The number of carbonyl (C=O) groups excluding carboxylic acids is 1. The number of benzene rings is 2. The van der Waals surface area contributed by atoms with Crippen molar-refractivity contribution in [2.24, 2.45) is 5.41 Å². The molecule has 0 saturated carbocycles. The maximum Gasteiger partial charge on any atom is 0.168 e. The summed E-state index contributed by atoms with van der Waals surface area (Å²) in [5.41, 5.74) is 2.35. The van der Waals surface area contributed by atoms with Gasteiger partial charge in [0.05, 0.1) is 12.3 Å². The van der Waals surface area contributed by atoms with Gasteiger partial charge in [-0.1, -0.05) is 13.8 Å². The van der Waals surface area contributed by atoms with E-state index in [2.05, 4.69) is 0 Å². The van der Waals surface area contributed by atoms with Gasteiger partial charge in [-0.2, -0.15) is 0 Å². The Bertz CT molecular complexity index is 954. The van der Waals surface area contributed by atoms with E-state index in [9.17, 15) is 13.6 Å². The maximum absolute atomic E-state index is 14.7. The van der Waals surface area contributed by atoms with Gasteiger partial charge in [0.1, 0.15) is 11.6 Å². The van der Waals surface area contributed by atoms with Crippen molar-refractivity contribution in [1.29, 1.82) is 0 Å². The Hall–Kier alpha value is -2.31. The second kappa shape index (κ2) is 9.05. The van der Waals surface area contributed by atoms with Crippen LogP contribution in [0.1, 0.15) is 55.5 Å². The molecule has 1 aliphatic heterocycles. The molecular weight excluding hydrogens is 400 g/mol. The summed E-state index contributed by atoms with van der Waals surface area (Å²) in [7, 11) is 0. The number of halogens is 2. The van der Waals surface area contributed by atoms with E-state index in [1.165, 1.54) is 12.1 Å². The van der Waals surface area contributed by atoms with Crippen molar-refractivity contribution in [3.8, 4) is 0 Å². The first-order chi connectivity index (χ1) is 14.8. The van der Waals surface area contributed by atoms with Crippen molar-refractivity contribution in [1.82, 2.24) is 0 Å². The van der Waals surface area contributed by atoms with Crippen molar-refractivity contribution in [3.63, 3.8) is 0 Å². The Balaban J connectivity index is 1.60. The minimum absolute atomic E-state index is 0.137. The molecule has 4 rings (SSSR count). The van der Waals surface area contributed by atoms with E-state index in [0.717, 1.165) is 55.0 Å². The zero-order valence-electron chi connectivity index (χ0n) is 18.1. The van der Waals surface area contributed by atoms with Crippen LogP contribution in [0.15, 0.2) is 36.4 Å². The molecule has 2 aliphatic rings. The fraction of sp³-hybridized carbons (Fsp3) is 0.480. The molecule has 2 aromatic rings. The molecule has 2 aromatic carbocycles. The lowest BCUT2D eigenvalue weighted by atomic mass is 9.73. The minimum atomic E-state index is -0.635. The molecule has 1 saturated heterocycles. The van der Waals surface area contributed by atoms with Crippen LogP contribution in [0.3, 0.4) is 0 Å². The lowest BCUT2D eigenvalue weighted by molar-refractivity contribution is -0.160. The topological polar surface area (TPSA) is 38.8 Å². The summed E-state index contributed by atoms with van der Waals surface area (Å²) in [6.07, 6.45) is 4.27. The predicted octanol–water partition coefficient (Wildman–Crippen LogP) is 5.80. The number of carbonyl (C=O) groups is 1. The normalized spacial score (nSPS) is 20.4. The second-order valence-corrected chi connectivity index (χ2v) is 8.97. The number of anilines is 2. The van der Waals surface area contributed by atoms with E-state index in [-0.39, 0.29) is 23.2 Å². The zero-order valence-corrected chi connectivity index (χ0v) is 18.1. The molecule has 1 aliphatic carbocycles. The molecule has 0 spiro atoms. The highest BCUT2D eigenvalue weighted by Crippen LogP contribution is 2.37. The Morgan fingerprint density at radius 1 is 1.16 bits per heavy atom. The summed E-state index contributed by atoms with van der Waals surface area (Å²) in [4.78, 5) is 14.6. The van der Waals surface area contributed by atoms with Gasteiger partial charge in [-0.15, -0.1) is 0 Å². The van der Waals surface area contributed by atoms with E-state index >= 15 is 0 Å². The average molecular weight is 430 g/mol. The van der Waals surface area contributed by atoms with E-state index < -0.39 is 11.6 Å². The Morgan fingerprint density at radius 3 is 2.74 bits per heavy atom. The number of nitrogens with zero attached hydrogens (tertiary/aromatic N) is 1. The first-order valence-corrected chi connectivity index (χ1v) is 11.0. The largest absolute Gasteiger partial charge is 0.353 e. The number of hydrogen-bond donors (Lipinski definition) is 0. The highest BCUT2D eigenvalue weighted by Gasteiger charge is 2.34. The van der Waals surface area contributed by atoms with Crippen LogP contribution in [-0.4, -0.2) is 31.8 Å². The Labute approximate surface area is 182 Å². The lowest BCUT2D eigenvalue weighted by Gasteiger charge is -2.32. The first kappa shape index (κ1) is 21.9. The molecule has 0 amide bonds. The van der Waals surface area contributed by atoms with Crippen LogP contribution in [0.5, 0.6) is 0 Å². The van der Waals surface area contributed by atoms with Crippen LogP contribution in [-0.2, 0) is 15.9 Å². The average Bonchev–Trinajstić information content (AvgIpc) is 2.75. The summed E-state index contributed by atoms with van der Waals surface area (Å²) >= 11 is 0. The third-order valence-electron chi connectivity index (χ3n) is 6.24. The standard InChI is InChI=1S/C25H29F2NO3/c1-25(2)11-10-17-15-19(7-8-20(17)24(25)29)28(22-9-6-18(26)16-21(22)27)12-14-31-23-5-3-4-13-30-23/h6-9,15-16,23H,3-5,10-14H2,1-2H3. The van der Waals surface area contributed by atoms with Gasteiger partial charge in [0.25, 0.3) is 0 Å². The smallest absolute Gasteiger partial charge is 0.168 e. The second-order valence-electron chi connectivity index (χ2n) is 8.97. The molecule has 166 valence electrons. The number of Topliss-reactive ketones (excluding diaryl/α,β-unsaturated/α-hetero) is 1. The van der Waals surface area contributed by atoms with Gasteiger partial charge in [-0.05, 0) is 68.0 Å². The Morgan fingerprint density at radius 2 is 2.00 bits per heavy atom. The van der Waals surface area contributed by atoms with Crippen molar-refractivity contribution in [3.05, 3.63) is 59.2 Å². The molecule has 4 nitrogen and oxygen atoms in total. The highest BCUT2D eigenvalue weighted by molar-refractivity contribution is 6.02. The molecule has 1 unspecified atom stereocenters. The lowest BCUT2D eigenvalue weighted by Crippen LogP contribution is -2.31. The van der Waals surface area contributed by atoms with Gasteiger partial charge >= 0.3 is 0 Å². The van der Waals surface area contributed by atoms with Gasteiger partial charge in [0.2, 0.25) is 0 Å². The van der Waals surface area contributed by atoms with E-state index in [1.807, 2.05) is 32.0 Å². The minimum Gasteiger partial charge on any atom is -0.353 e. The van der Waals surface area contributed by atoms with Crippen LogP contribution < -0.4 is 4.90 Å². The molecule has 1 heterocycles. The number of fused-ring (bicyclic) bond motifs is 1. The Kier molecular flexibility index (Phi) is 6.39. The van der Waals surface area contributed by atoms with E-state index in [4.69, 9.17) is 9.47 Å². The quantitative estimate of drug-likeness (QED) is 0.582. The van der Waals surface area contributed by atoms with E-state index in [0.29, 0.717) is 19.8 Å². The maximum atomic E-state index is 14.7. The molecule has 1 atom stereocenters. The summed E-state index contributed by atoms with van der Waals surface area (Å²) < 4.78 is 39.7. The highest BCUT2D eigenvalue weighted by atomic mass is 19.1. The van der Waals surface area contributed by atoms with Crippen LogP contribution in [0.25, 0.3) is 0 Å². The molecule has 0 aromatic heterocycles. The summed E-state index contributed by atoms with van der Waals surface area (Å²) in [5, 5.41) is 0. The van der Waals surface area contributed by atoms with Crippen LogP contribution >= 0.6 is 0 Å². The molecule has 0 N–H and O–H groups in total. The number of ether oxygens (including phenoxy) is 2. The molecule has 0 radical (unpaired) electrons. The van der Waals surface area contributed by atoms with Gasteiger partial charge in [0.15, 0.2) is 12.1 Å². The zero-order chi connectivity index (χ0) is 22.0. The molecule has 6 heteroatoms. The molecular formula is C25H29F2NO3. The van der Waals surface area contributed by atoms with Crippen LogP contribution in [0.4, 0.5) is 20.2 Å². The molecule has 0 bridgehead atoms. The fourth-order valence-corrected chi connectivity index (χ4v) is 4.31. The summed E-state index contributed by atoms with van der Waals surface area (Å²) in [6, 6.07) is 9.18. The molecule has 1 fully saturated rings. The number of rotatable bonds is 6. The summed E-state index contributed by atoms with van der Waals surface area (Å²) in [6.45, 7) is 5.34. The molecule has 31 heavy (non-hydrogen) atoms. The predicted molar refractivity (Wildman–Crippen MR) is 116 cm³/mol. The first-order valence-electron chi connectivity index (χ1n) is 11.0. The number of hydrogen-bond acceptors (Lipinski definition) is 4.